The molecule has 3 aliphatic heterocycles. The molecule has 1 amide bonds. The van der Waals surface area contributed by atoms with Crippen LogP contribution in [0.3, 0.4) is 0 Å². The van der Waals surface area contributed by atoms with E-state index in [1.54, 1.807) is 6.92 Å². The molecule has 1 aliphatic carbocycles. The smallest absolute Gasteiger partial charge is 0.310 e. The predicted octanol–water partition coefficient (Wildman–Crippen LogP) is 2.52. The third-order valence-corrected chi connectivity index (χ3v) is 8.62. The number of nitrogens with one attached hydrogen (secondary N) is 1. The minimum absolute atomic E-state index is 0.0328. The molecule has 1 aromatic carbocycles. The molecule has 2 N–H and O–H groups in total. The van der Waals surface area contributed by atoms with E-state index in [4.69, 9.17) is 9.47 Å². The second-order valence-corrected chi connectivity index (χ2v) is 10.6. The van der Waals surface area contributed by atoms with E-state index in [1.807, 2.05) is 42.5 Å². The fourth-order valence-electron chi connectivity index (χ4n) is 6.54. The number of amides is 1. The highest BCUT2D eigenvalue weighted by atomic mass is 16.6. The van der Waals surface area contributed by atoms with Gasteiger partial charge in [-0.15, -0.1) is 0 Å². The van der Waals surface area contributed by atoms with Crippen LogP contribution in [-0.2, 0) is 30.3 Å². The van der Waals surface area contributed by atoms with Crippen LogP contribution >= 0.6 is 0 Å². The number of fused-ring (bicyclic) bond motifs is 2. The highest BCUT2D eigenvalue weighted by molar-refractivity contribution is 5.98. The molecule has 35 heavy (non-hydrogen) atoms. The number of allylic oxidation sites excluding steroid dienone is 1. The Morgan fingerprint density at radius 3 is 2.60 bits per heavy atom. The molecule has 4 aliphatic rings. The van der Waals surface area contributed by atoms with Gasteiger partial charge < -0.3 is 19.9 Å². The summed E-state index contributed by atoms with van der Waals surface area (Å²) in [5, 5.41) is 12.9. The Morgan fingerprint density at radius 1 is 1.14 bits per heavy atom. The first-order chi connectivity index (χ1) is 16.7. The molecular weight excluding hydrogens is 446 g/mol. The molecule has 1 spiro atoms. The summed E-state index contributed by atoms with van der Waals surface area (Å²) in [5.41, 5.74) is -0.520. The minimum Gasteiger partial charge on any atom is -0.448 e. The molecule has 1 unspecified atom stereocenters. The first kappa shape index (κ1) is 23.9. The zero-order valence-corrected chi connectivity index (χ0v) is 20.4. The maximum atomic E-state index is 13.8. The fourth-order valence-corrected chi connectivity index (χ4v) is 6.54. The Kier molecular flexibility index (Phi) is 5.96. The molecular formula is C28H33NO6. The predicted molar refractivity (Wildman–Crippen MR) is 128 cm³/mol. The Bertz CT molecular complexity index is 1100. The number of hydrogen-bond acceptors (Lipinski definition) is 6. The van der Waals surface area contributed by atoms with Crippen molar-refractivity contribution in [3.8, 4) is 0 Å². The van der Waals surface area contributed by atoms with E-state index in [0.29, 0.717) is 12.8 Å². The number of epoxide rings is 1. The van der Waals surface area contributed by atoms with E-state index >= 15 is 0 Å². The van der Waals surface area contributed by atoms with Crippen LogP contribution in [0.1, 0.15) is 39.2 Å². The van der Waals surface area contributed by atoms with Gasteiger partial charge in [0.25, 0.3) is 5.91 Å². The number of hydrogen-bond donors (Lipinski definition) is 2. The second-order valence-electron chi connectivity index (χ2n) is 10.6. The van der Waals surface area contributed by atoms with Gasteiger partial charge in [0.05, 0.1) is 30.7 Å². The quantitative estimate of drug-likeness (QED) is 0.392. The normalized spacial score (nSPS) is 43.2. The molecule has 7 heteroatoms. The van der Waals surface area contributed by atoms with Gasteiger partial charge in [0.1, 0.15) is 0 Å². The molecule has 186 valence electrons. The Balaban J connectivity index is 1.58. The lowest BCUT2D eigenvalue weighted by atomic mass is 9.59. The van der Waals surface area contributed by atoms with Gasteiger partial charge in [-0.1, -0.05) is 62.4 Å². The molecule has 1 aromatic rings. The minimum atomic E-state index is -1.40. The van der Waals surface area contributed by atoms with Gasteiger partial charge in [-0.3, -0.25) is 14.4 Å². The zero-order valence-electron chi connectivity index (χ0n) is 20.4. The monoisotopic (exact) mass is 479 g/mol. The SMILES string of the molecule is C[C@H]1C/C=C\C2[C@@H]3O[C@]3(C)[C@@H](C)[C@H]3[C@H](Cc4ccccc4)NC(=O)[C@]23OC(=O)C/C=C(/CO)C1=O. The van der Waals surface area contributed by atoms with Crippen LogP contribution < -0.4 is 5.32 Å². The van der Waals surface area contributed by atoms with Crippen molar-refractivity contribution in [2.75, 3.05) is 6.61 Å². The van der Waals surface area contributed by atoms with E-state index in [1.165, 1.54) is 6.08 Å². The summed E-state index contributed by atoms with van der Waals surface area (Å²) in [4.78, 5) is 39.6. The molecule has 3 fully saturated rings. The molecule has 8 atom stereocenters. The van der Waals surface area contributed by atoms with Crippen molar-refractivity contribution in [1.29, 1.82) is 0 Å². The lowest BCUT2D eigenvalue weighted by Gasteiger charge is -2.46. The molecule has 3 heterocycles. The topological polar surface area (TPSA) is 105 Å². The molecule has 0 aromatic heterocycles. The van der Waals surface area contributed by atoms with Crippen LogP contribution in [0.2, 0.25) is 0 Å². The van der Waals surface area contributed by atoms with Crippen LogP contribution in [0.4, 0.5) is 0 Å². The van der Waals surface area contributed by atoms with E-state index in [2.05, 4.69) is 19.2 Å². The largest absolute Gasteiger partial charge is 0.448 e. The van der Waals surface area contributed by atoms with Crippen LogP contribution in [0, 0.1) is 23.7 Å². The summed E-state index contributed by atoms with van der Waals surface area (Å²) in [7, 11) is 0. The van der Waals surface area contributed by atoms with Crippen LogP contribution in [0.15, 0.2) is 54.1 Å². The van der Waals surface area contributed by atoms with Gasteiger partial charge >= 0.3 is 5.97 Å². The van der Waals surface area contributed by atoms with E-state index in [-0.39, 0.29) is 53.6 Å². The highest BCUT2D eigenvalue weighted by Crippen LogP contribution is 2.63. The number of rotatable bonds is 3. The summed E-state index contributed by atoms with van der Waals surface area (Å²) >= 11 is 0. The lowest BCUT2D eigenvalue weighted by Crippen LogP contribution is -2.61. The molecule has 5 rings (SSSR count). The van der Waals surface area contributed by atoms with Gasteiger partial charge in [-0.2, -0.15) is 0 Å². The van der Waals surface area contributed by atoms with Crippen molar-refractivity contribution >= 4 is 17.7 Å². The number of aliphatic hydroxyl groups excluding tert-OH is 1. The van der Waals surface area contributed by atoms with Gasteiger partial charge in [-0.25, -0.2) is 0 Å². The number of ether oxygens (including phenoxy) is 2. The lowest BCUT2D eigenvalue weighted by molar-refractivity contribution is -0.181. The summed E-state index contributed by atoms with van der Waals surface area (Å²) < 4.78 is 12.4. The maximum Gasteiger partial charge on any atom is 0.310 e. The van der Waals surface area contributed by atoms with Crippen molar-refractivity contribution in [2.45, 2.75) is 63.4 Å². The number of esters is 1. The number of carbonyl (C=O) groups excluding carboxylic acids is 3. The second kappa shape index (κ2) is 8.71. The molecule has 0 bridgehead atoms. The standard InChI is InChI=1S/C28H33NO6/c1-16-8-7-11-20-25-27(3,35-25)17(2)23-21(14-18-9-5-4-6-10-18)29-26(33)28(20,23)34-22(31)13-12-19(15-30)24(16)32/h4-7,9-12,16-17,20-21,23,25,30H,8,13-15H2,1-3H3,(H,29,33)/b11-7-,19-12-/t16-,17-,20?,21-,23-,25-,27+,28-/m0/s1. The number of carbonyl (C=O) groups is 3. The average Bonchev–Trinajstić information content (AvgIpc) is 3.46. The molecule has 1 saturated carbocycles. The fraction of sp³-hybridized carbons (Fsp3) is 0.536. The maximum absolute atomic E-state index is 13.8. The third kappa shape index (κ3) is 3.76. The van der Waals surface area contributed by atoms with Gasteiger partial charge in [-0.05, 0) is 31.2 Å². The number of benzene rings is 1. The zero-order chi connectivity index (χ0) is 25.0. The molecule has 2 saturated heterocycles. The first-order valence-corrected chi connectivity index (χ1v) is 12.5. The summed E-state index contributed by atoms with van der Waals surface area (Å²) in [5.74, 6) is -2.21. The van der Waals surface area contributed by atoms with Gasteiger partial charge in [0, 0.05) is 23.5 Å². The van der Waals surface area contributed by atoms with Crippen LogP contribution in [0.25, 0.3) is 0 Å². The van der Waals surface area contributed by atoms with Crippen molar-refractivity contribution in [2.24, 2.45) is 23.7 Å². The highest BCUT2D eigenvalue weighted by Gasteiger charge is 2.78. The molecule has 7 nitrogen and oxygen atoms in total. The Hall–Kier alpha value is -2.77. The summed E-state index contributed by atoms with van der Waals surface area (Å²) in [6.45, 7) is 5.51. The van der Waals surface area contributed by atoms with Crippen molar-refractivity contribution in [3.05, 3.63) is 59.7 Å². The van der Waals surface area contributed by atoms with Crippen LogP contribution in [-0.4, -0.2) is 52.7 Å². The number of ketones is 1. The third-order valence-electron chi connectivity index (χ3n) is 8.62. The van der Waals surface area contributed by atoms with Gasteiger partial charge in [0.15, 0.2) is 5.78 Å². The average molecular weight is 480 g/mol. The van der Waals surface area contributed by atoms with Gasteiger partial charge in [0.2, 0.25) is 5.60 Å². The number of Topliss-reactive ketones (excluding diaryl/α,β-unsaturated/α-hetero) is 1. The Labute approximate surface area is 205 Å². The van der Waals surface area contributed by atoms with E-state index in [0.717, 1.165) is 5.56 Å². The van der Waals surface area contributed by atoms with E-state index in [9.17, 15) is 19.5 Å². The van der Waals surface area contributed by atoms with Crippen molar-refractivity contribution in [3.63, 3.8) is 0 Å². The Morgan fingerprint density at radius 2 is 1.89 bits per heavy atom. The summed E-state index contributed by atoms with van der Waals surface area (Å²) in [6.07, 6.45) is 5.88. The van der Waals surface area contributed by atoms with Crippen molar-refractivity contribution < 1.29 is 29.0 Å². The van der Waals surface area contributed by atoms with E-state index < -0.39 is 29.7 Å². The summed E-state index contributed by atoms with van der Waals surface area (Å²) in [6, 6.07) is 9.76. The van der Waals surface area contributed by atoms with Crippen LogP contribution in [0.5, 0.6) is 0 Å². The first-order valence-electron chi connectivity index (χ1n) is 12.5. The number of aliphatic hydroxyl groups is 1. The van der Waals surface area contributed by atoms with Crippen molar-refractivity contribution in [1.82, 2.24) is 5.32 Å². The molecule has 0 radical (unpaired) electrons.